The van der Waals surface area contributed by atoms with E-state index in [2.05, 4.69) is 0 Å². The van der Waals surface area contributed by atoms with E-state index in [-0.39, 0.29) is 18.0 Å². The van der Waals surface area contributed by atoms with Gasteiger partial charge >= 0.3 is 0 Å². The second-order valence-electron chi connectivity index (χ2n) is 3.80. The van der Waals surface area contributed by atoms with Crippen molar-refractivity contribution in [2.24, 2.45) is 17.4 Å². The molecule has 14 heavy (non-hydrogen) atoms. The van der Waals surface area contributed by atoms with Crippen LogP contribution in [0.2, 0.25) is 0 Å². The minimum Gasteiger partial charge on any atom is -0.379 e. The summed E-state index contributed by atoms with van der Waals surface area (Å²) >= 11 is 0. The molecule has 0 radical (unpaired) electrons. The zero-order chi connectivity index (χ0) is 9.97. The van der Waals surface area contributed by atoms with E-state index in [0.29, 0.717) is 13.2 Å². The molecule has 0 bridgehead atoms. The van der Waals surface area contributed by atoms with E-state index in [1.54, 1.807) is 0 Å². The second-order valence-corrected chi connectivity index (χ2v) is 3.80. The van der Waals surface area contributed by atoms with Gasteiger partial charge in [0.15, 0.2) is 0 Å². The van der Waals surface area contributed by atoms with Gasteiger partial charge in [-0.2, -0.15) is 0 Å². The van der Waals surface area contributed by atoms with Gasteiger partial charge in [-0.05, 0) is 5.56 Å². The van der Waals surface area contributed by atoms with Crippen LogP contribution in [-0.4, -0.2) is 19.3 Å². The lowest BCUT2D eigenvalue weighted by molar-refractivity contribution is 0.180. The highest BCUT2D eigenvalue weighted by Crippen LogP contribution is 2.25. The fourth-order valence-corrected chi connectivity index (χ4v) is 1.88. The molecule has 0 aliphatic carbocycles. The van der Waals surface area contributed by atoms with Crippen molar-refractivity contribution in [1.29, 1.82) is 0 Å². The summed E-state index contributed by atoms with van der Waals surface area (Å²) in [7, 11) is 0. The summed E-state index contributed by atoms with van der Waals surface area (Å²) in [5, 5.41) is 0. The fraction of sp³-hybridized carbons (Fsp3) is 0.455. The Labute approximate surface area is 84.0 Å². The van der Waals surface area contributed by atoms with Crippen LogP contribution < -0.4 is 11.5 Å². The van der Waals surface area contributed by atoms with Crippen molar-refractivity contribution in [2.75, 3.05) is 13.2 Å². The Morgan fingerprint density at radius 3 is 2.50 bits per heavy atom. The zero-order valence-electron chi connectivity index (χ0n) is 8.10. The lowest BCUT2D eigenvalue weighted by Gasteiger charge is -2.21. The van der Waals surface area contributed by atoms with Crippen molar-refractivity contribution in [2.45, 2.75) is 12.1 Å². The average Bonchev–Trinajstić information content (AvgIpc) is 2.65. The molecule has 0 aromatic heterocycles. The molecule has 1 aromatic rings. The van der Waals surface area contributed by atoms with Gasteiger partial charge in [0.25, 0.3) is 0 Å². The Balaban J connectivity index is 2.12. The first-order valence-corrected chi connectivity index (χ1v) is 4.93. The minimum atomic E-state index is -0.00583. The Bertz CT molecular complexity index is 289. The molecule has 4 N–H and O–H groups in total. The van der Waals surface area contributed by atoms with Gasteiger partial charge in [0.1, 0.15) is 0 Å². The molecule has 1 heterocycles. The summed E-state index contributed by atoms with van der Waals surface area (Å²) in [5.41, 5.74) is 13.2. The minimum absolute atomic E-state index is 0.00583. The first-order chi connectivity index (χ1) is 6.79. The smallest absolute Gasteiger partial charge is 0.0621 e. The standard InChI is InChI=1S/C11H16N2O/c12-10-7-14-6-9(10)11(13)8-4-2-1-3-5-8/h1-5,9-11H,6-7,12-13H2/t9-,10-,11?/m1/s1. The molecular formula is C11H16N2O. The van der Waals surface area contributed by atoms with Crippen molar-refractivity contribution >= 4 is 0 Å². The van der Waals surface area contributed by atoms with Crippen molar-refractivity contribution in [1.82, 2.24) is 0 Å². The molecular weight excluding hydrogens is 176 g/mol. The van der Waals surface area contributed by atoms with Crippen LogP contribution in [0.3, 0.4) is 0 Å². The van der Waals surface area contributed by atoms with E-state index in [1.165, 1.54) is 0 Å². The molecule has 1 saturated heterocycles. The molecule has 1 unspecified atom stereocenters. The highest BCUT2D eigenvalue weighted by molar-refractivity contribution is 5.20. The normalized spacial score (nSPS) is 29.0. The van der Waals surface area contributed by atoms with Crippen LogP contribution in [0.4, 0.5) is 0 Å². The SMILES string of the molecule is NC(c1ccccc1)[C@@H]1COC[C@H]1N. The van der Waals surface area contributed by atoms with E-state index in [1.807, 2.05) is 30.3 Å². The quantitative estimate of drug-likeness (QED) is 0.723. The maximum Gasteiger partial charge on any atom is 0.0621 e. The molecule has 76 valence electrons. The highest BCUT2D eigenvalue weighted by atomic mass is 16.5. The van der Waals surface area contributed by atoms with E-state index < -0.39 is 0 Å². The third kappa shape index (κ3) is 1.80. The van der Waals surface area contributed by atoms with Gasteiger partial charge in [0.2, 0.25) is 0 Å². The van der Waals surface area contributed by atoms with Crippen LogP contribution >= 0.6 is 0 Å². The number of ether oxygens (including phenoxy) is 1. The maximum atomic E-state index is 6.13. The van der Waals surface area contributed by atoms with Crippen molar-refractivity contribution in [3.05, 3.63) is 35.9 Å². The van der Waals surface area contributed by atoms with Gasteiger partial charge < -0.3 is 16.2 Å². The number of rotatable bonds is 2. The summed E-state index contributed by atoms with van der Waals surface area (Å²) in [4.78, 5) is 0. The van der Waals surface area contributed by atoms with Gasteiger partial charge in [-0.25, -0.2) is 0 Å². The van der Waals surface area contributed by atoms with Gasteiger partial charge in [0, 0.05) is 18.0 Å². The number of hydrogen-bond donors (Lipinski definition) is 2. The van der Waals surface area contributed by atoms with E-state index in [0.717, 1.165) is 5.56 Å². The lowest BCUT2D eigenvalue weighted by Crippen LogP contribution is -2.36. The predicted octanol–water partition coefficient (Wildman–Crippen LogP) is 0.660. The van der Waals surface area contributed by atoms with Crippen LogP contribution in [0, 0.1) is 5.92 Å². The molecule has 1 aliphatic rings. The third-order valence-electron chi connectivity index (χ3n) is 2.82. The van der Waals surface area contributed by atoms with Gasteiger partial charge in [-0.15, -0.1) is 0 Å². The topological polar surface area (TPSA) is 61.3 Å². The summed E-state index contributed by atoms with van der Waals surface area (Å²) in [5.74, 6) is 0.248. The first kappa shape index (κ1) is 9.65. The summed E-state index contributed by atoms with van der Waals surface area (Å²) < 4.78 is 5.31. The van der Waals surface area contributed by atoms with Crippen LogP contribution in [0.1, 0.15) is 11.6 Å². The van der Waals surface area contributed by atoms with E-state index in [4.69, 9.17) is 16.2 Å². The number of benzene rings is 1. The molecule has 3 nitrogen and oxygen atoms in total. The molecule has 1 aliphatic heterocycles. The Kier molecular flexibility index (Phi) is 2.82. The van der Waals surface area contributed by atoms with E-state index >= 15 is 0 Å². The first-order valence-electron chi connectivity index (χ1n) is 4.93. The third-order valence-corrected chi connectivity index (χ3v) is 2.82. The molecule has 0 spiro atoms. The second kappa shape index (κ2) is 4.09. The van der Waals surface area contributed by atoms with Crippen LogP contribution in [0.5, 0.6) is 0 Å². The van der Waals surface area contributed by atoms with Crippen LogP contribution in [0.25, 0.3) is 0 Å². The molecule has 3 heteroatoms. The molecule has 0 saturated carbocycles. The van der Waals surface area contributed by atoms with Gasteiger partial charge in [0.05, 0.1) is 13.2 Å². The largest absolute Gasteiger partial charge is 0.379 e. The number of hydrogen-bond acceptors (Lipinski definition) is 3. The Morgan fingerprint density at radius 2 is 1.93 bits per heavy atom. The van der Waals surface area contributed by atoms with Crippen LogP contribution in [-0.2, 0) is 4.74 Å². The molecule has 2 rings (SSSR count). The fourth-order valence-electron chi connectivity index (χ4n) is 1.88. The average molecular weight is 192 g/mol. The zero-order valence-corrected chi connectivity index (χ0v) is 8.10. The molecule has 3 atom stereocenters. The lowest BCUT2D eigenvalue weighted by atomic mass is 9.90. The summed E-state index contributed by atoms with van der Waals surface area (Å²) in [6.07, 6.45) is 0. The van der Waals surface area contributed by atoms with Gasteiger partial charge in [-0.3, -0.25) is 0 Å². The van der Waals surface area contributed by atoms with E-state index in [9.17, 15) is 0 Å². The highest BCUT2D eigenvalue weighted by Gasteiger charge is 2.30. The maximum absolute atomic E-state index is 6.13. The molecule has 1 aromatic carbocycles. The summed E-state index contributed by atoms with van der Waals surface area (Å²) in [6.45, 7) is 1.31. The molecule has 0 amide bonds. The van der Waals surface area contributed by atoms with Crippen molar-refractivity contribution in [3.8, 4) is 0 Å². The number of nitrogens with two attached hydrogens (primary N) is 2. The van der Waals surface area contributed by atoms with Crippen molar-refractivity contribution in [3.63, 3.8) is 0 Å². The Morgan fingerprint density at radius 1 is 1.21 bits per heavy atom. The summed E-state index contributed by atoms with van der Waals surface area (Å²) in [6, 6.07) is 10.1. The molecule has 1 fully saturated rings. The predicted molar refractivity (Wildman–Crippen MR) is 55.7 cm³/mol. The van der Waals surface area contributed by atoms with Crippen molar-refractivity contribution < 1.29 is 4.74 Å². The van der Waals surface area contributed by atoms with Gasteiger partial charge in [-0.1, -0.05) is 30.3 Å². The van der Waals surface area contributed by atoms with Crippen LogP contribution in [0.15, 0.2) is 30.3 Å². The monoisotopic (exact) mass is 192 g/mol. The Hall–Kier alpha value is -0.900.